The largest absolute Gasteiger partial charge is 0.349 e. The zero-order valence-electron chi connectivity index (χ0n) is 25.9. The van der Waals surface area contributed by atoms with E-state index in [1.807, 2.05) is 0 Å². The van der Waals surface area contributed by atoms with E-state index >= 15 is 0 Å². The molecule has 6 heteroatoms. The lowest BCUT2D eigenvalue weighted by atomic mass is 9.83. The quantitative estimate of drug-likeness (QED) is 0.322. The van der Waals surface area contributed by atoms with Crippen LogP contribution in [0.2, 0.25) is 0 Å². The highest BCUT2D eigenvalue weighted by atomic mass is 16.2. The van der Waals surface area contributed by atoms with Crippen molar-refractivity contribution in [2.75, 3.05) is 0 Å². The number of hydrogen-bond donors (Lipinski definition) is 3. The summed E-state index contributed by atoms with van der Waals surface area (Å²) in [7, 11) is 0. The monoisotopic (exact) mass is 573 g/mol. The van der Waals surface area contributed by atoms with Gasteiger partial charge in [-0.05, 0) is 150 Å². The number of carbonyl (C=O) groups excluding carboxylic acids is 3. The van der Waals surface area contributed by atoms with Gasteiger partial charge in [0.15, 0.2) is 0 Å². The van der Waals surface area contributed by atoms with Gasteiger partial charge in [-0.15, -0.1) is 0 Å². The van der Waals surface area contributed by atoms with E-state index in [4.69, 9.17) is 0 Å². The van der Waals surface area contributed by atoms with Crippen LogP contribution in [0.4, 0.5) is 0 Å². The van der Waals surface area contributed by atoms with Crippen molar-refractivity contribution < 1.29 is 14.4 Å². The van der Waals surface area contributed by atoms with Gasteiger partial charge < -0.3 is 16.0 Å². The van der Waals surface area contributed by atoms with Crippen molar-refractivity contribution in [2.45, 2.75) is 116 Å². The van der Waals surface area contributed by atoms with Gasteiger partial charge in [-0.2, -0.15) is 0 Å². The predicted octanol–water partition coefficient (Wildman–Crippen LogP) is 6.35. The summed E-state index contributed by atoms with van der Waals surface area (Å²) in [6.07, 6.45) is 15.3. The maximum absolute atomic E-state index is 13.6. The molecule has 6 aliphatic carbocycles. The fourth-order valence-corrected chi connectivity index (χ4v) is 10.9. The van der Waals surface area contributed by atoms with Crippen LogP contribution >= 0.6 is 0 Å². The van der Waals surface area contributed by atoms with Crippen molar-refractivity contribution in [3.05, 3.63) is 34.9 Å². The van der Waals surface area contributed by atoms with Gasteiger partial charge in [0.1, 0.15) is 0 Å². The molecule has 0 radical (unpaired) electrons. The minimum absolute atomic E-state index is 0.0816. The summed E-state index contributed by atoms with van der Waals surface area (Å²) in [5.74, 6) is 5.59. The highest BCUT2D eigenvalue weighted by Gasteiger charge is 2.44. The Kier molecular flexibility index (Phi) is 7.63. The van der Waals surface area contributed by atoms with Crippen LogP contribution in [-0.4, -0.2) is 35.8 Å². The topological polar surface area (TPSA) is 87.3 Å². The molecular weight excluding hydrogens is 522 g/mol. The number of fused-ring (bicyclic) bond motifs is 6. The lowest BCUT2D eigenvalue weighted by molar-refractivity contribution is 0.0914. The summed E-state index contributed by atoms with van der Waals surface area (Å²) in [5.41, 5.74) is 1.22. The van der Waals surface area contributed by atoms with E-state index in [0.717, 1.165) is 17.8 Å². The van der Waals surface area contributed by atoms with E-state index < -0.39 is 0 Å². The molecule has 12 unspecified atom stereocenters. The second-order valence-corrected chi connectivity index (χ2v) is 15.6. The minimum atomic E-state index is -0.184. The highest BCUT2D eigenvalue weighted by molar-refractivity contribution is 6.04. The third-order valence-corrected chi connectivity index (χ3v) is 13.1. The Morgan fingerprint density at radius 1 is 0.500 bits per heavy atom. The van der Waals surface area contributed by atoms with Crippen molar-refractivity contribution in [1.82, 2.24) is 16.0 Å². The van der Waals surface area contributed by atoms with Crippen molar-refractivity contribution in [3.63, 3.8) is 0 Å². The summed E-state index contributed by atoms with van der Waals surface area (Å²) in [6.45, 7) is 6.38. The molecule has 0 heterocycles. The number of nitrogens with one attached hydrogen (secondary N) is 3. The minimum Gasteiger partial charge on any atom is -0.349 e. The van der Waals surface area contributed by atoms with Crippen molar-refractivity contribution >= 4 is 17.7 Å². The summed E-state index contributed by atoms with van der Waals surface area (Å²) < 4.78 is 0. The third-order valence-electron chi connectivity index (χ3n) is 13.1. The van der Waals surface area contributed by atoms with E-state index in [-0.39, 0.29) is 35.8 Å². The third kappa shape index (κ3) is 5.41. The first kappa shape index (κ1) is 28.4. The van der Waals surface area contributed by atoms with Crippen LogP contribution in [-0.2, 0) is 0 Å². The van der Waals surface area contributed by atoms with Crippen molar-refractivity contribution in [1.29, 1.82) is 0 Å². The fraction of sp³-hybridized carbons (Fsp3) is 0.750. The molecule has 7 rings (SSSR count). The van der Waals surface area contributed by atoms with Gasteiger partial charge in [-0.1, -0.05) is 19.3 Å². The SMILES string of the molecule is CC(NC(=O)c1cc(C(=O)NC(C)C2CC3CCC2C3)cc(C(=O)NC(C)C2CC3CCC2C3)c1)C1CC2CCC1C2. The van der Waals surface area contributed by atoms with Crippen LogP contribution in [0.5, 0.6) is 0 Å². The number of amides is 3. The summed E-state index contributed by atoms with van der Waals surface area (Å²) in [5, 5.41) is 9.78. The fourth-order valence-electron chi connectivity index (χ4n) is 10.9. The molecular formula is C36H51N3O3. The summed E-state index contributed by atoms with van der Waals surface area (Å²) >= 11 is 0. The van der Waals surface area contributed by atoms with Gasteiger partial charge in [0.25, 0.3) is 17.7 Å². The first-order valence-corrected chi connectivity index (χ1v) is 17.3. The zero-order valence-corrected chi connectivity index (χ0v) is 25.9. The van der Waals surface area contributed by atoms with E-state index in [2.05, 4.69) is 36.7 Å². The smallest absolute Gasteiger partial charge is 0.251 e. The van der Waals surface area contributed by atoms with Gasteiger partial charge in [-0.3, -0.25) is 14.4 Å². The Morgan fingerprint density at radius 2 is 0.786 bits per heavy atom. The molecule has 6 aliphatic rings. The second kappa shape index (κ2) is 11.3. The molecule has 6 nitrogen and oxygen atoms in total. The normalized spacial score (nSPS) is 37.9. The molecule has 1 aromatic carbocycles. The number of carbonyl (C=O) groups is 3. The summed E-state index contributed by atoms with van der Waals surface area (Å²) in [6, 6.07) is 5.33. The molecule has 42 heavy (non-hydrogen) atoms. The predicted molar refractivity (Wildman–Crippen MR) is 164 cm³/mol. The van der Waals surface area contributed by atoms with E-state index in [0.29, 0.717) is 52.2 Å². The van der Waals surface area contributed by atoms with E-state index in [1.54, 1.807) is 18.2 Å². The van der Waals surface area contributed by atoms with Crippen LogP contribution in [0.3, 0.4) is 0 Å². The Morgan fingerprint density at radius 3 is 1.00 bits per heavy atom. The average Bonchev–Trinajstić information content (AvgIpc) is 3.84. The maximum Gasteiger partial charge on any atom is 0.251 e. The molecule has 6 bridgehead atoms. The van der Waals surface area contributed by atoms with Crippen LogP contribution in [0.1, 0.15) is 129 Å². The molecule has 0 aliphatic heterocycles. The van der Waals surface area contributed by atoms with Gasteiger partial charge in [0.2, 0.25) is 0 Å². The van der Waals surface area contributed by atoms with E-state index in [9.17, 15) is 14.4 Å². The first-order valence-electron chi connectivity index (χ1n) is 17.3. The molecule has 228 valence electrons. The maximum atomic E-state index is 13.6. The molecule has 1 aromatic rings. The lowest BCUT2D eigenvalue weighted by Crippen LogP contribution is -2.42. The van der Waals surface area contributed by atoms with Crippen molar-refractivity contribution in [2.24, 2.45) is 53.3 Å². The van der Waals surface area contributed by atoms with Crippen LogP contribution in [0.25, 0.3) is 0 Å². The molecule has 0 saturated heterocycles. The Bertz CT molecular complexity index is 1070. The average molecular weight is 574 g/mol. The number of benzene rings is 1. The Hall–Kier alpha value is -2.37. The summed E-state index contributed by atoms with van der Waals surface area (Å²) in [4.78, 5) is 40.9. The van der Waals surface area contributed by atoms with Gasteiger partial charge in [0, 0.05) is 34.8 Å². The lowest BCUT2D eigenvalue weighted by Gasteiger charge is -2.29. The molecule has 0 aromatic heterocycles. The Labute approximate surface area is 251 Å². The van der Waals surface area contributed by atoms with Gasteiger partial charge in [-0.25, -0.2) is 0 Å². The molecule has 6 saturated carbocycles. The van der Waals surface area contributed by atoms with Crippen molar-refractivity contribution in [3.8, 4) is 0 Å². The number of rotatable bonds is 9. The zero-order chi connectivity index (χ0) is 29.1. The molecule has 12 atom stereocenters. The Balaban J connectivity index is 1.08. The first-order chi connectivity index (χ1) is 20.2. The van der Waals surface area contributed by atoms with Crippen LogP contribution < -0.4 is 16.0 Å². The molecule has 0 spiro atoms. The van der Waals surface area contributed by atoms with Crippen LogP contribution in [0.15, 0.2) is 18.2 Å². The molecule has 6 fully saturated rings. The van der Waals surface area contributed by atoms with Gasteiger partial charge >= 0.3 is 0 Å². The number of hydrogen-bond acceptors (Lipinski definition) is 3. The second-order valence-electron chi connectivity index (χ2n) is 15.6. The standard InChI is InChI=1S/C36H51N3O3/c1-19(31-13-22-4-7-25(31)10-22)37-34(40)28-16-29(35(41)38-20(2)32-14-23-5-8-26(32)11-23)18-30(17-28)36(42)39-21(3)33-15-24-6-9-27(33)12-24/h16-27,31-33H,4-15H2,1-3H3,(H,37,40)(H,38,41)(H,39,42). The van der Waals surface area contributed by atoms with Crippen LogP contribution in [0, 0.1) is 53.3 Å². The van der Waals surface area contributed by atoms with Gasteiger partial charge in [0.05, 0.1) is 0 Å². The molecule has 3 amide bonds. The van der Waals surface area contributed by atoms with E-state index in [1.165, 1.54) is 77.0 Å². The molecule has 3 N–H and O–H groups in total. The highest BCUT2D eigenvalue weighted by Crippen LogP contribution is 2.51.